The molecule has 6 heteroatoms. The zero-order chi connectivity index (χ0) is 57.1. The molecule has 446 valence electrons. The molecule has 0 aromatic carbocycles. The van der Waals surface area contributed by atoms with Crippen LogP contribution in [0.25, 0.3) is 0 Å². The molecular weight excluding hydrogens is 973 g/mol. The average Bonchev–Trinajstić information content (AvgIpc) is 3.45. The first-order valence-electron chi connectivity index (χ1n) is 32.3. The van der Waals surface area contributed by atoms with Gasteiger partial charge < -0.3 is 14.2 Å². The van der Waals surface area contributed by atoms with Gasteiger partial charge >= 0.3 is 17.9 Å². The topological polar surface area (TPSA) is 78.9 Å². The van der Waals surface area contributed by atoms with E-state index in [1.165, 1.54) is 83.5 Å². The summed E-state index contributed by atoms with van der Waals surface area (Å²) < 4.78 is 16.9. The predicted octanol–water partition coefficient (Wildman–Crippen LogP) is 22.3. The summed E-state index contributed by atoms with van der Waals surface area (Å²) in [5.41, 5.74) is 0. The predicted molar refractivity (Wildman–Crippen MR) is 343 cm³/mol. The lowest BCUT2D eigenvalue weighted by atomic mass is 10.0. The summed E-state index contributed by atoms with van der Waals surface area (Å²) in [6.07, 6.45) is 94.3. The molecule has 1 atom stereocenters. The summed E-state index contributed by atoms with van der Waals surface area (Å²) in [5.74, 6) is -0.963. The number of hydrogen-bond donors (Lipinski definition) is 0. The van der Waals surface area contributed by atoms with Gasteiger partial charge in [-0.05, 0) is 135 Å². The minimum absolute atomic E-state index is 0.105. The van der Waals surface area contributed by atoms with Crippen LogP contribution in [-0.2, 0) is 28.6 Å². The number of hydrogen-bond acceptors (Lipinski definition) is 6. The largest absolute Gasteiger partial charge is 0.462 e. The molecule has 0 amide bonds. The Labute approximate surface area is 487 Å². The molecule has 0 saturated heterocycles. The summed E-state index contributed by atoms with van der Waals surface area (Å²) in [6, 6.07) is 0. The summed E-state index contributed by atoms with van der Waals surface area (Å²) in [5, 5.41) is 0. The molecule has 0 aliphatic rings. The van der Waals surface area contributed by atoms with Gasteiger partial charge in [0.25, 0.3) is 0 Å². The van der Waals surface area contributed by atoms with Gasteiger partial charge in [0.2, 0.25) is 0 Å². The van der Waals surface area contributed by atoms with Crippen molar-refractivity contribution in [1.29, 1.82) is 0 Å². The van der Waals surface area contributed by atoms with Crippen LogP contribution in [0.1, 0.15) is 278 Å². The lowest BCUT2D eigenvalue weighted by Crippen LogP contribution is -2.30. The zero-order valence-corrected chi connectivity index (χ0v) is 51.1. The third kappa shape index (κ3) is 64.0. The highest BCUT2D eigenvalue weighted by molar-refractivity contribution is 5.71. The first-order chi connectivity index (χ1) is 39.0. The third-order valence-corrected chi connectivity index (χ3v) is 13.3. The van der Waals surface area contributed by atoms with Crippen molar-refractivity contribution in [3.8, 4) is 0 Å². The lowest BCUT2D eigenvalue weighted by molar-refractivity contribution is -0.167. The Morgan fingerprint density at radius 1 is 0.266 bits per heavy atom. The van der Waals surface area contributed by atoms with Crippen LogP contribution in [0.4, 0.5) is 0 Å². The van der Waals surface area contributed by atoms with Crippen molar-refractivity contribution in [3.05, 3.63) is 146 Å². The van der Waals surface area contributed by atoms with Gasteiger partial charge in [0.1, 0.15) is 13.2 Å². The number of esters is 3. The molecule has 0 N–H and O–H groups in total. The number of ether oxygens (including phenoxy) is 3. The van der Waals surface area contributed by atoms with Gasteiger partial charge in [0.05, 0.1) is 0 Å². The molecule has 0 fully saturated rings. The van der Waals surface area contributed by atoms with E-state index in [-0.39, 0.29) is 37.5 Å². The van der Waals surface area contributed by atoms with Crippen LogP contribution in [0.5, 0.6) is 0 Å². The maximum Gasteiger partial charge on any atom is 0.306 e. The van der Waals surface area contributed by atoms with Crippen LogP contribution in [0, 0.1) is 0 Å². The standard InChI is InChI=1S/C73H118O6/c1-4-7-10-13-16-19-22-25-27-29-31-33-34-35-36-37-38-40-41-43-45-48-51-54-57-60-63-66-72(75)78-69-70(68-77-71(74)65-62-59-56-53-50-47-24-21-18-15-12-9-6-3)79-73(76)67-64-61-58-55-52-49-46-44-42-39-32-30-28-26-23-20-17-14-11-8-5-2/h7-8,10-12,15-17,19-21,24-28,31-33,39,44,46,52,55,70H,4-6,9,13-14,18,22-23,29-30,34-38,40-43,45,47-51,53-54,56-69H2,1-3H3/b10-7-,11-8-,15-12-,19-16-,20-17-,24-21-,27-25-,28-26-,33-31-,39-32-,46-44-,55-52-. The van der Waals surface area contributed by atoms with Crippen LogP contribution in [0.3, 0.4) is 0 Å². The highest BCUT2D eigenvalue weighted by atomic mass is 16.6. The summed E-state index contributed by atoms with van der Waals surface area (Å²) in [6.45, 7) is 6.31. The van der Waals surface area contributed by atoms with E-state index < -0.39 is 6.10 Å². The maximum atomic E-state index is 12.9. The van der Waals surface area contributed by atoms with Crippen LogP contribution in [0.2, 0.25) is 0 Å². The Bertz CT molecular complexity index is 1730. The minimum Gasteiger partial charge on any atom is -0.462 e. The van der Waals surface area contributed by atoms with E-state index in [2.05, 4.69) is 167 Å². The van der Waals surface area contributed by atoms with Crippen LogP contribution < -0.4 is 0 Å². The molecule has 0 bridgehead atoms. The monoisotopic (exact) mass is 1090 g/mol. The summed E-state index contributed by atoms with van der Waals surface area (Å²) in [7, 11) is 0. The second kappa shape index (κ2) is 65.8. The van der Waals surface area contributed by atoms with Gasteiger partial charge in [-0.2, -0.15) is 0 Å². The van der Waals surface area contributed by atoms with Gasteiger partial charge in [0.15, 0.2) is 6.10 Å². The zero-order valence-electron chi connectivity index (χ0n) is 51.1. The van der Waals surface area contributed by atoms with Gasteiger partial charge in [0, 0.05) is 19.3 Å². The first kappa shape index (κ1) is 74.3. The minimum atomic E-state index is -0.814. The highest BCUT2D eigenvalue weighted by Crippen LogP contribution is 2.15. The van der Waals surface area contributed by atoms with Gasteiger partial charge in [-0.1, -0.05) is 269 Å². The second-order valence-electron chi connectivity index (χ2n) is 20.9. The number of unbranched alkanes of at least 4 members (excludes halogenated alkanes) is 22. The molecule has 0 aromatic rings. The van der Waals surface area contributed by atoms with Crippen molar-refractivity contribution in [1.82, 2.24) is 0 Å². The smallest absolute Gasteiger partial charge is 0.306 e. The van der Waals surface area contributed by atoms with Crippen LogP contribution in [-0.4, -0.2) is 37.2 Å². The fourth-order valence-electron chi connectivity index (χ4n) is 8.53. The van der Waals surface area contributed by atoms with Crippen molar-refractivity contribution >= 4 is 17.9 Å². The number of carbonyl (C=O) groups is 3. The van der Waals surface area contributed by atoms with E-state index in [0.717, 1.165) is 148 Å². The molecule has 0 saturated carbocycles. The molecule has 0 radical (unpaired) electrons. The highest BCUT2D eigenvalue weighted by Gasteiger charge is 2.19. The lowest BCUT2D eigenvalue weighted by Gasteiger charge is -2.18. The van der Waals surface area contributed by atoms with Crippen molar-refractivity contribution in [2.45, 2.75) is 284 Å². The Morgan fingerprint density at radius 3 is 0.797 bits per heavy atom. The molecule has 0 aliphatic heterocycles. The van der Waals surface area contributed by atoms with E-state index in [0.29, 0.717) is 19.3 Å². The average molecular weight is 1090 g/mol. The van der Waals surface area contributed by atoms with Gasteiger partial charge in [-0.15, -0.1) is 0 Å². The quantitative estimate of drug-likeness (QED) is 0.0261. The van der Waals surface area contributed by atoms with Crippen molar-refractivity contribution < 1.29 is 28.6 Å². The SMILES string of the molecule is CC/C=C\C/C=C\C/C=C\C/C=C\C/C=C\C/C=C\CCCCC(=O)OC(COC(=O)CCCCCCC/C=C\C/C=C\CCC)COC(=O)CCCCCCCCCCCCCCCC/C=C\C/C=C\C/C=C\C/C=C\CC. The fourth-order valence-corrected chi connectivity index (χ4v) is 8.53. The Kier molecular flexibility index (Phi) is 61.9. The van der Waals surface area contributed by atoms with Crippen LogP contribution >= 0.6 is 0 Å². The molecule has 0 aliphatic carbocycles. The molecule has 6 nitrogen and oxygen atoms in total. The van der Waals surface area contributed by atoms with E-state index in [9.17, 15) is 14.4 Å². The normalized spacial score (nSPS) is 13.1. The molecule has 0 aromatic heterocycles. The molecule has 0 spiro atoms. The van der Waals surface area contributed by atoms with Crippen molar-refractivity contribution in [2.75, 3.05) is 13.2 Å². The Hall–Kier alpha value is -4.71. The Balaban J connectivity index is 4.38. The van der Waals surface area contributed by atoms with E-state index in [4.69, 9.17) is 14.2 Å². The molecule has 0 rings (SSSR count). The van der Waals surface area contributed by atoms with E-state index in [1.54, 1.807) is 0 Å². The molecular formula is C73H118O6. The van der Waals surface area contributed by atoms with Gasteiger partial charge in [-0.3, -0.25) is 14.4 Å². The van der Waals surface area contributed by atoms with E-state index >= 15 is 0 Å². The number of rotatable bonds is 57. The maximum absolute atomic E-state index is 12.9. The fraction of sp³-hybridized carbons (Fsp3) is 0.630. The van der Waals surface area contributed by atoms with Crippen molar-refractivity contribution in [2.24, 2.45) is 0 Å². The third-order valence-electron chi connectivity index (χ3n) is 13.3. The van der Waals surface area contributed by atoms with E-state index in [1.807, 2.05) is 0 Å². The van der Waals surface area contributed by atoms with Gasteiger partial charge in [-0.25, -0.2) is 0 Å². The summed E-state index contributed by atoms with van der Waals surface area (Å²) >= 11 is 0. The Morgan fingerprint density at radius 2 is 0.494 bits per heavy atom. The number of allylic oxidation sites excluding steroid dienone is 24. The van der Waals surface area contributed by atoms with Crippen molar-refractivity contribution in [3.63, 3.8) is 0 Å². The molecule has 1 unspecified atom stereocenters. The first-order valence-corrected chi connectivity index (χ1v) is 32.3. The van der Waals surface area contributed by atoms with Crippen LogP contribution in [0.15, 0.2) is 146 Å². The second-order valence-corrected chi connectivity index (χ2v) is 20.9. The number of carbonyl (C=O) groups excluding carboxylic acids is 3. The summed E-state index contributed by atoms with van der Waals surface area (Å²) in [4.78, 5) is 38.3. The molecule has 79 heavy (non-hydrogen) atoms. The molecule has 0 heterocycles.